The van der Waals surface area contributed by atoms with Crippen LogP contribution in [0.2, 0.25) is 10.0 Å². The van der Waals surface area contributed by atoms with E-state index >= 15 is 0 Å². The molecule has 4 heteroatoms. The van der Waals surface area contributed by atoms with Crippen molar-refractivity contribution in [2.45, 2.75) is 6.61 Å². The molecule has 0 spiro atoms. The minimum atomic E-state index is 0.401. The molecule has 0 aliphatic rings. The van der Waals surface area contributed by atoms with Crippen LogP contribution in [0.5, 0.6) is 5.75 Å². The topological polar surface area (TPSA) is 22.4 Å². The summed E-state index contributed by atoms with van der Waals surface area (Å²) in [4.78, 5) is 0. The predicted octanol–water partition coefficient (Wildman–Crippen LogP) is 5.32. The molecule has 2 nitrogen and oxygen atoms in total. The molecular formula is C15H10Cl2O2. The molecular weight excluding hydrogens is 283 g/mol. The van der Waals surface area contributed by atoms with Gasteiger partial charge in [-0.05, 0) is 30.3 Å². The van der Waals surface area contributed by atoms with Crippen LogP contribution in [0.15, 0.2) is 53.1 Å². The number of fused-ring (bicyclic) bond motifs is 1. The van der Waals surface area contributed by atoms with Crippen LogP contribution in [-0.2, 0) is 6.61 Å². The Labute approximate surface area is 120 Å². The molecule has 0 unspecified atom stereocenters. The molecule has 3 aromatic rings. The zero-order valence-electron chi connectivity index (χ0n) is 9.90. The van der Waals surface area contributed by atoms with Crippen LogP contribution in [-0.4, -0.2) is 0 Å². The molecule has 0 amide bonds. The third kappa shape index (κ3) is 2.55. The first-order chi connectivity index (χ1) is 9.24. The highest BCUT2D eigenvalue weighted by molar-refractivity contribution is 6.32. The zero-order valence-corrected chi connectivity index (χ0v) is 11.4. The van der Waals surface area contributed by atoms with E-state index in [1.165, 1.54) is 0 Å². The molecule has 0 atom stereocenters. The highest BCUT2D eigenvalue weighted by atomic mass is 35.5. The largest absolute Gasteiger partial charge is 0.487 e. The molecule has 96 valence electrons. The van der Waals surface area contributed by atoms with Crippen molar-refractivity contribution in [3.8, 4) is 5.75 Å². The fourth-order valence-corrected chi connectivity index (χ4v) is 2.24. The van der Waals surface area contributed by atoms with Gasteiger partial charge in [-0.15, -0.1) is 0 Å². The fourth-order valence-electron chi connectivity index (χ4n) is 1.89. The van der Waals surface area contributed by atoms with Gasteiger partial charge in [0.05, 0.1) is 11.3 Å². The Morgan fingerprint density at radius 2 is 1.89 bits per heavy atom. The van der Waals surface area contributed by atoms with Gasteiger partial charge in [-0.1, -0.05) is 35.3 Å². The number of hydrogen-bond donors (Lipinski definition) is 0. The Bertz CT molecular complexity index is 719. The summed E-state index contributed by atoms with van der Waals surface area (Å²) in [5, 5.41) is 2.25. The van der Waals surface area contributed by atoms with Gasteiger partial charge >= 0.3 is 0 Å². The van der Waals surface area contributed by atoms with Crippen molar-refractivity contribution >= 4 is 34.2 Å². The maximum absolute atomic E-state index is 6.04. The van der Waals surface area contributed by atoms with Crippen LogP contribution in [0.4, 0.5) is 0 Å². The van der Waals surface area contributed by atoms with Crippen molar-refractivity contribution in [1.29, 1.82) is 0 Å². The fraction of sp³-hybridized carbons (Fsp3) is 0.0667. The normalized spacial score (nSPS) is 10.8. The number of benzene rings is 2. The number of hydrogen-bond acceptors (Lipinski definition) is 2. The molecule has 0 bridgehead atoms. The lowest BCUT2D eigenvalue weighted by molar-refractivity contribution is 0.306. The van der Waals surface area contributed by atoms with Gasteiger partial charge in [0.15, 0.2) is 0 Å². The van der Waals surface area contributed by atoms with Gasteiger partial charge in [0.25, 0.3) is 0 Å². The lowest BCUT2D eigenvalue weighted by atomic mass is 10.2. The Balaban J connectivity index is 1.84. The summed E-state index contributed by atoms with van der Waals surface area (Å²) < 4.78 is 11.1. The summed E-state index contributed by atoms with van der Waals surface area (Å²) in [5.41, 5.74) is 1.72. The standard InChI is InChI=1S/C15H10Cl2O2/c16-11-5-6-12-10(9-19-15(12)7-11)8-18-14-4-2-1-3-13(14)17/h1-7,9H,8H2. The Hall–Kier alpha value is -1.64. The predicted molar refractivity (Wildman–Crippen MR) is 77.0 cm³/mol. The maximum Gasteiger partial charge on any atom is 0.138 e. The maximum atomic E-state index is 6.04. The second-order valence-electron chi connectivity index (χ2n) is 4.12. The van der Waals surface area contributed by atoms with Gasteiger partial charge in [0.2, 0.25) is 0 Å². The second kappa shape index (κ2) is 5.16. The van der Waals surface area contributed by atoms with E-state index in [0.29, 0.717) is 22.4 Å². The molecule has 0 aliphatic heterocycles. The van der Waals surface area contributed by atoms with Gasteiger partial charge in [-0.25, -0.2) is 0 Å². The van der Waals surface area contributed by atoms with Crippen molar-refractivity contribution in [3.05, 3.63) is 64.3 Å². The van der Waals surface area contributed by atoms with E-state index in [0.717, 1.165) is 16.5 Å². The minimum absolute atomic E-state index is 0.401. The summed E-state index contributed by atoms with van der Waals surface area (Å²) in [6.45, 7) is 0.401. The lowest BCUT2D eigenvalue weighted by Crippen LogP contribution is -1.94. The quantitative estimate of drug-likeness (QED) is 0.652. The van der Waals surface area contributed by atoms with Gasteiger partial charge in [-0.3, -0.25) is 0 Å². The van der Waals surface area contributed by atoms with Crippen molar-refractivity contribution in [2.24, 2.45) is 0 Å². The Morgan fingerprint density at radius 1 is 1.05 bits per heavy atom. The summed E-state index contributed by atoms with van der Waals surface area (Å²) in [5.74, 6) is 0.660. The van der Waals surface area contributed by atoms with Crippen molar-refractivity contribution in [1.82, 2.24) is 0 Å². The van der Waals surface area contributed by atoms with Gasteiger partial charge in [0, 0.05) is 16.0 Å². The minimum Gasteiger partial charge on any atom is -0.487 e. The van der Waals surface area contributed by atoms with E-state index in [4.69, 9.17) is 32.4 Å². The van der Waals surface area contributed by atoms with Gasteiger partial charge in [0.1, 0.15) is 17.9 Å². The van der Waals surface area contributed by atoms with E-state index in [1.807, 2.05) is 30.3 Å². The van der Waals surface area contributed by atoms with Crippen molar-refractivity contribution in [2.75, 3.05) is 0 Å². The first-order valence-electron chi connectivity index (χ1n) is 5.77. The Morgan fingerprint density at radius 3 is 2.74 bits per heavy atom. The number of halogens is 2. The molecule has 0 radical (unpaired) electrons. The molecule has 0 saturated carbocycles. The van der Waals surface area contributed by atoms with Crippen LogP contribution in [0, 0.1) is 0 Å². The van der Waals surface area contributed by atoms with E-state index in [1.54, 1.807) is 18.4 Å². The number of rotatable bonds is 3. The van der Waals surface area contributed by atoms with Crippen molar-refractivity contribution in [3.63, 3.8) is 0 Å². The summed E-state index contributed by atoms with van der Waals surface area (Å²) >= 11 is 12.0. The van der Waals surface area contributed by atoms with Crippen LogP contribution in [0.1, 0.15) is 5.56 Å². The third-order valence-electron chi connectivity index (χ3n) is 2.84. The molecule has 0 saturated heterocycles. The van der Waals surface area contributed by atoms with Gasteiger partial charge in [-0.2, -0.15) is 0 Å². The summed E-state index contributed by atoms with van der Waals surface area (Å²) in [7, 11) is 0. The molecule has 1 aromatic heterocycles. The smallest absolute Gasteiger partial charge is 0.138 e. The van der Waals surface area contributed by atoms with Crippen LogP contribution < -0.4 is 4.74 Å². The SMILES string of the molecule is Clc1ccc2c(COc3ccccc3Cl)coc2c1. The summed E-state index contributed by atoms with van der Waals surface area (Å²) in [6, 6.07) is 12.9. The highest BCUT2D eigenvalue weighted by Gasteiger charge is 2.08. The van der Waals surface area contributed by atoms with E-state index in [-0.39, 0.29) is 0 Å². The third-order valence-corrected chi connectivity index (χ3v) is 3.38. The molecule has 3 rings (SSSR count). The van der Waals surface area contributed by atoms with Crippen LogP contribution in [0.25, 0.3) is 11.0 Å². The molecule has 0 N–H and O–H groups in total. The zero-order chi connectivity index (χ0) is 13.2. The number of para-hydroxylation sites is 1. The molecule has 1 heterocycles. The van der Waals surface area contributed by atoms with E-state index in [9.17, 15) is 0 Å². The molecule has 0 aliphatic carbocycles. The first-order valence-corrected chi connectivity index (χ1v) is 6.52. The Kier molecular flexibility index (Phi) is 3.36. The van der Waals surface area contributed by atoms with Crippen LogP contribution in [0.3, 0.4) is 0 Å². The highest BCUT2D eigenvalue weighted by Crippen LogP contribution is 2.28. The summed E-state index contributed by atoms with van der Waals surface area (Å²) in [6.07, 6.45) is 1.68. The average molecular weight is 293 g/mol. The monoisotopic (exact) mass is 292 g/mol. The molecule has 0 fully saturated rings. The van der Waals surface area contributed by atoms with E-state index in [2.05, 4.69) is 0 Å². The number of furan rings is 1. The second-order valence-corrected chi connectivity index (χ2v) is 4.96. The average Bonchev–Trinajstić information content (AvgIpc) is 2.80. The van der Waals surface area contributed by atoms with Gasteiger partial charge < -0.3 is 9.15 Å². The molecule has 2 aromatic carbocycles. The number of ether oxygens (including phenoxy) is 1. The molecule has 19 heavy (non-hydrogen) atoms. The first kappa shape index (κ1) is 12.4. The van der Waals surface area contributed by atoms with Crippen LogP contribution >= 0.6 is 23.2 Å². The van der Waals surface area contributed by atoms with Crippen molar-refractivity contribution < 1.29 is 9.15 Å². The van der Waals surface area contributed by atoms with E-state index < -0.39 is 0 Å². The lowest BCUT2D eigenvalue weighted by Gasteiger charge is -2.06.